The molecule has 0 bridgehead atoms. The van der Waals surface area contributed by atoms with E-state index < -0.39 is 0 Å². The molecule has 0 saturated heterocycles. The van der Waals surface area contributed by atoms with Gasteiger partial charge in [-0.2, -0.15) is 0 Å². The first-order chi connectivity index (χ1) is 11.7. The number of nitrogens with zero attached hydrogens (tertiary/aromatic N) is 1. The Hall–Kier alpha value is -3.28. The van der Waals surface area contributed by atoms with Crippen LogP contribution >= 0.6 is 0 Å². The predicted molar refractivity (Wildman–Crippen MR) is 90.8 cm³/mol. The summed E-state index contributed by atoms with van der Waals surface area (Å²) in [4.78, 5) is 12.0. The summed E-state index contributed by atoms with van der Waals surface area (Å²) >= 11 is 0. The Morgan fingerprint density at radius 2 is 1.96 bits per heavy atom. The second kappa shape index (κ2) is 7.32. The zero-order chi connectivity index (χ0) is 16.8. The van der Waals surface area contributed by atoms with Crippen LogP contribution in [0.5, 0.6) is 5.75 Å². The van der Waals surface area contributed by atoms with Crippen LogP contribution in [0.3, 0.4) is 0 Å². The number of benzene rings is 2. The van der Waals surface area contributed by atoms with Gasteiger partial charge in [-0.3, -0.25) is 5.32 Å². The molecule has 3 aromatic rings. The van der Waals surface area contributed by atoms with Crippen molar-refractivity contribution in [3.8, 4) is 17.1 Å². The van der Waals surface area contributed by atoms with E-state index in [-0.39, 0.29) is 6.03 Å². The highest BCUT2D eigenvalue weighted by Gasteiger charge is 2.09. The molecule has 0 radical (unpaired) electrons. The van der Waals surface area contributed by atoms with Gasteiger partial charge in [-0.1, -0.05) is 47.6 Å². The minimum atomic E-state index is -0.356. The third kappa shape index (κ3) is 3.92. The Bertz CT molecular complexity index is 815. The molecule has 0 fully saturated rings. The summed E-state index contributed by atoms with van der Waals surface area (Å²) in [6.45, 7) is 0.381. The minimum Gasteiger partial charge on any atom is -0.497 e. The van der Waals surface area contributed by atoms with E-state index in [1.54, 1.807) is 13.2 Å². The average molecular weight is 323 g/mol. The van der Waals surface area contributed by atoms with Gasteiger partial charge in [-0.15, -0.1) is 0 Å². The van der Waals surface area contributed by atoms with Crippen LogP contribution in [0.25, 0.3) is 11.3 Å². The van der Waals surface area contributed by atoms with Crippen LogP contribution in [-0.2, 0) is 6.54 Å². The van der Waals surface area contributed by atoms with Gasteiger partial charge in [-0.25, -0.2) is 4.79 Å². The fourth-order valence-corrected chi connectivity index (χ4v) is 2.20. The van der Waals surface area contributed by atoms with Gasteiger partial charge in [-0.05, 0) is 17.7 Å². The second-order valence-corrected chi connectivity index (χ2v) is 5.10. The first-order valence-electron chi connectivity index (χ1n) is 7.44. The molecule has 122 valence electrons. The lowest BCUT2D eigenvalue weighted by molar-refractivity contribution is 0.251. The summed E-state index contributed by atoms with van der Waals surface area (Å²) < 4.78 is 10.4. The van der Waals surface area contributed by atoms with E-state index >= 15 is 0 Å². The summed E-state index contributed by atoms with van der Waals surface area (Å²) in [5.74, 6) is 1.70. The Labute approximate surface area is 139 Å². The molecule has 6 heteroatoms. The molecule has 2 amide bonds. The monoisotopic (exact) mass is 323 g/mol. The highest BCUT2D eigenvalue weighted by molar-refractivity contribution is 5.88. The van der Waals surface area contributed by atoms with Gasteiger partial charge in [0.15, 0.2) is 11.6 Å². The van der Waals surface area contributed by atoms with Gasteiger partial charge in [0, 0.05) is 18.2 Å². The number of rotatable bonds is 5. The van der Waals surface area contributed by atoms with E-state index in [0.29, 0.717) is 18.1 Å². The van der Waals surface area contributed by atoms with E-state index in [1.807, 2.05) is 54.6 Å². The maximum atomic E-state index is 12.0. The molecular weight excluding hydrogens is 306 g/mol. The Morgan fingerprint density at radius 3 is 2.75 bits per heavy atom. The molecule has 0 aliphatic carbocycles. The molecule has 0 saturated carbocycles. The maximum Gasteiger partial charge on any atom is 0.320 e. The number of hydrogen-bond acceptors (Lipinski definition) is 4. The standard InChI is InChI=1S/C18H17N3O3/c1-23-15-9-5-6-13(10-15)12-19-18(22)20-17-11-16(24-21-17)14-7-3-2-4-8-14/h2-11H,12H2,1H3,(H2,19,20,21,22). The Morgan fingerprint density at radius 1 is 1.12 bits per heavy atom. The number of carbonyl (C=O) groups is 1. The highest BCUT2D eigenvalue weighted by Crippen LogP contribution is 2.21. The van der Waals surface area contributed by atoms with E-state index in [4.69, 9.17) is 9.26 Å². The van der Waals surface area contributed by atoms with E-state index in [9.17, 15) is 4.79 Å². The SMILES string of the molecule is COc1cccc(CNC(=O)Nc2cc(-c3ccccc3)on2)c1. The lowest BCUT2D eigenvalue weighted by Gasteiger charge is -2.06. The van der Waals surface area contributed by atoms with Crippen LogP contribution in [0.2, 0.25) is 0 Å². The largest absolute Gasteiger partial charge is 0.497 e. The zero-order valence-electron chi connectivity index (χ0n) is 13.2. The smallest absolute Gasteiger partial charge is 0.320 e. The summed E-state index contributed by atoms with van der Waals surface area (Å²) in [6.07, 6.45) is 0. The lowest BCUT2D eigenvalue weighted by atomic mass is 10.2. The topological polar surface area (TPSA) is 76.4 Å². The van der Waals surface area contributed by atoms with Crippen LogP contribution in [0.1, 0.15) is 5.56 Å². The van der Waals surface area contributed by atoms with Gasteiger partial charge in [0.25, 0.3) is 0 Å². The van der Waals surface area contributed by atoms with Crippen molar-refractivity contribution in [2.45, 2.75) is 6.54 Å². The van der Waals surface area contributed by atoms with E-state index in [2.05, 4.69) is 15.8 Å². The van der Waals surface area contributed by atoms with Crippen LogP contribution in [0.4, 0.5) is 10.6 Å². The van der Waals surface area contributed by atoms with Crippen LogP contribution < -0.4 is 15.4 Å². The van der Waals surface area contributed by atoms with Crippen molar-refractivity contribution in [1.29, 1.82) is 0 Å². The first kappa shape index (κ1) is 15.6. The van der Waals surface area contributed by atoms with Gasteiger partial charge >= 0.3 is 6.03 Å². The number of aromatic nitrogens is 1. The van der Waals surface area contributed by atoms with Crippen molar-refractivity contribution in [3.63, 3.8) is 0 Å². The van der Waals surface area contributed by atoms with Crippen molar-refractivity contribution in [1.82, 2.24) is 10.5 Å². The fraction of sp³-hybridized carbons (Fsp3) is 0.111. The van der Waals surface area contributed by atoms with Gasteiger partial charge in [0.2, 0.25) is 0 Å². The van der Waals surface area contributed by atoms with Crippen molar-refractivity contribution in [2.24, 2.45) is 0 Å². The number of amides is 2. The third-order valence-corrected chi connectivity index (χ3v) is 3.40. The fourth-order valence-electron chi connectivity index (χ4n) is 2.20. The normalized spacial score (nSPS) is 10.2. The highest BCUT2D eigenvalue weighted by atomic mass is 16.5. The van der Waals surface area contributed by atoms with Crippen LogP contribution in [0, 0.1) is 0 Å². The first-order valence-corrected chi connectivity index (χ1v) is 7.44. The summed E-state index contributed by atoms with van der Waals surface area (Å²) in [6, 6.07) is 18.4. The van der Waals surface area contributed by atoms with Gasteiger partial charge in [0.05, 0.1) is 7.11 Å². The molecule has 3 rings (SSSR count). The zero-order valence-corrected chi connectivity index (χ0v) is 13.2. The van der Waals surface area contributed by atoms with Crippen molar-refractivity contribution in [3.05, 3.63) is 66.2 Å². The number of nitrogens with one attached hydrogen (secondary N) is 2. The number of ether oxygens (including phenoxy) is 1. The average Bonchev–Trinajstić information content (AvgIpc) is 3.09. The van der Waals surface area contributed by atoms with E-state index in [0.717, 1.165) is 16.9 Å². The summed E-state index contributed by atoms with van der Waals surface area (Å²) in [5.41, 5.74) is 1.84. The van der Waals surface area contributed by atoms with Crippen molar-refractivity contribution < 1.29 is 14.1 Å². The summed E-state index contributed by atoms with van der Waals surface area (Å²) in [7, 11) is 1.61. The summed E-state index contributed by atoms with van der Waals surface area (Å²) in [5, 5.41) is 9.25. The number of methoxy groups -OCH3 is 1. The molecular formula is C18H17N3O3. The number of carbonyl (C=O) groups excluding carboxylic acids is 1. The molecule has 24 heavy (non-hydrogen) atoms. The number of hydrogen-bond donors (Lipinski definition) is 2. The van der Waals surface area contributed by atoms with Crippen LogP contribution in [0.15, 0.2) is 65.2 Å². The van der Waals surface area contributed by atoms with Gasteiger partial charge < -0.3 is 14.6 Å². The molecule has 0 spiro atoms. The maximum absolute atomic E-state index is 12.0. The quantitative estimate of drug-likeness (QED) is 0.751. The molecule has 0 atom stereocenters. The molecule has 0 unspecified atom stereocenters. The van der Waals surface area contributed by atoms with Crippen molar-refractivity contribution >= 4 is 11.8 Å². The second-order valence-electron chi connectivity index (χ2n) is 5.10. The van der Waals surface area contributed by atoms with Crippen molar-refractivity contribution in [2.75, 3.05) is 12.4 Å². The lowest BCUT2D eigenvalue weighted by Crippen LogP contribution is -2.28. The number of urea groups is 1. The predicted octanol–water partition coefficient (Wildman–Crippen LogP) is 3.67. The molecule has 0 aliphatic heterocycles. The number of anilines is 1. The molecule has 6 nitrogen and oxygen atoms in total. The molecule has 1 heterocycles. The Kier molecular flexibility index (Phi) is 4.76. The van der Waals surface area contributed by atoms with Crippen LogP contribution in [-0.4, -0.2) is 18.3 Å². The van der Waals surface area contributed by atoms with E-state index in [1.165, 1.54) is 0 Å². The molecule has 2 N–H and O–H groups in total. The molecule has 0 aliphatic rings. The minimum absolute atomic E-state index is 0.356. The Balaban J connectivity index is 1.56. The molecule has 2 aromatic carbocycles. The third-order valence-electron chi connectivity index (χ3n) is 3.40. The van der Waals surface area contributed by atoms with Gasteiger partial charge in [0.1, 0.15) is 5.75 Å². The molecule has 1 aromatic heterocycles.